The Morgan fingerprint density at radius 3 is 2.47 bits per heavy atom. The zero-order valence-corrected chi connectivity index (χ0v) is 11.9. The maximum Gasteiger partial charge on any atom is 0.305 e. The van der Waals surface area contributed by atoms with Crippen molar-refractivity contribution in [1.82, 2.24) is 4.90 Å². The lowest BCUT2D eigenvalue weighted by Gasteiger charge is -2.41. The minimum atomic E-state index is -0.727. The van der Waals surface area contributed by atoms with E-state index in [-0.39, 0.29) is 12.5 Å². The van der Waals surface area contributed by atoms with Gasteiger partial charge in [0, 0.05) is 25.3 Å². The average molecular weight is 262 g/mol. The summed E-state index contributed by atoms with van der Waals surface area (Å²) in [7, 11) is 2.05. The van der Waals surface area contributed by atoms with Crippen LogP contribution in [-0.4, -0.2) is 48.7 Å². The summed E-state index contributed by atoms with van der Waals surface area (Å²) in [6.07, 6.45) is 0.192. The molecule has 0 amide bonds. The fourth-order valence-electron chi connectivity index (χ4n) is 2.84. The van der Waals surface area contributed by atoms with Crippen molar-refractivity contribution in [2.45, 2.75) is 26.3 Å². The number of hydrogen-bond acceptors (Lipinski definition) is 3. The van der Waals surface area contributed by atoms with Crippen molar-refractivity contribution in [3.63, 3.8) is 0 Å². The van der Waals surface area contributed by atoms with Gasteiger partial charge in [-0.05, 0) is 44.2 Å². The number of likely N-dealkylation sites (N-methyl/N-ethyl adjacent to an activating group) is 1. The van der Waals surface area contributed by atoms with Crippen LogP contribution in [0.4, 0.5) is 5.69 Å². The lowest BCUT2D eigenvalue weighted by atomic mass is 10.0. The second-order valence-electron chi connectivity index (χ2n) is 5.55. The molecule has 19 heavy (non-hydrogen) atoms. The third-order valence-corrected chi connectivity index (χ3v) is 3.63. The highest BCUT2D eigenvalue weighted by Crippen LogP contribution is 2.24. The maximum atomic E-state index is 11.0. The monoisotopic (exact) mass is 262 g/mol. The van der Waals surface area contributed by atoms with Crippen LogP contribution in [0.2, 0.25) is 0 Å². The van der Waals surface area contributed by atoms with E-state index in [2.05, 4.69) is 41.8 Å². The van der Waals surface area contributed by atoms with Gasteiger partial charge >= 0.3 is 5.97 Å². The summed E-state index contributed by atoms with van der Waals surface area (Å²) in [4.78, 5) is 15.5. The van der Waals surface area contributed by atoms with E-state index in [0.717, 1.165) is 25.3 Å². The molecule has 1 heterocycles. The summed E-state index contributed by atoms with van der Waals surface area (Å²) in [5.41, 5.74) is 3.60. The quantitative estimate of drug-likeness (QED) is 0.903. The van der Waals surface area contributed by atoms with Gasteiger partial charge < -0.3 is 14.9 Å². The topological polar surface area (TPSA) is 43.8 Å². The molecule has 0 spiro atoms. The first-order chi connectivity index (χ1) is 8.95. The molecule has 0 radical (unpaired) electrons. The van der Waals surface area contributed by atoms with E-state index in [4.69, 9.17) is 5.11 Å². The van der Waals surface area contributed by atoms with Gasteiger partial charge in [-0.2, -0.15) is 0 Å². The molecule has 104 valence electrons. The van der Waals surface area contributed by atoms with Crippen LogP contribution in [0.1, 0.15) is 17.5 Å². The summed E-state index contributed by atoms with van der Waals surface area (Å²) < 4.78 is 0. The highest BCUT2D eigenvalue weighted by molar-refractivity contribution is 5.69. The molecular formula is C15H22N2O2. The van der Waals surface area contributed by atoms with Crippen molar-refractivity contribution < 1.29 is 9.90 Å². The molecule has 4 nitrogen and oxygen atoms in total. The predicted molar refractivity (Wildman–Crippen MR) is 76.8 cm³/mol. The molecule has 1 unspecified atom stereocenters. The van der Waals surface area contributed by atoms with Crippen LogP contribution in [0.5, 0.6) is 0 Å². The van der Waals surface area contributed by atoms with E-state index < -0.39 is 5.97 Å². The van der Waals surface area contributed by atoms with E-state index in [1.807, 2.05) is 7.05 Å². The minimum Gasteiger partial charge on any atom is -0.481 e. The zero-order valence-electron chi connectivity index (χ0n) is 11.9. The van der Waals surface area contributed by atoms with Gasteiger partial charge in [0.15, 0.2) is 0 Å². The third kappa shape index (κ3) is 3.47. The van der Waals surface area contributed by atoms with Gasteiger partial charge in [0.05, 0.1) is 12.5 Å². The Balaban J connectivity index is 2.26. The largest absolute Gasteiger partial charge is 0.481 e. The summed E-state index contributed by atoms with van der Waals surface area (Å²) in [5.74, 6) is -0.727. The molecule has 1 atom stereocenters. The Labute approximate surface area is 114 Å². The van der Waals surface area contributed by atoms with Crippen molar-refractivity contribution in [3.8, 4) is 0 Å². The Kier molecular flexibility index (Phi) is 4.10. The number of hydrogen-bond donors (Lipinski definition) is 1. The number of benzene rings is 1. The number of piperazine rings is 1. The summed E-state index contributed by atoms with van der Waals surface area (Å²) in [5, 5.41) is 9.08. The first-order valence-corrected chi connectivity index (χ1v) is 6.71. The van der Waals surface area contributed by atoms with E-state index in [0.29, 0.717) is 0 Å². The number of anilines is 1. The van der Waals surface area contributed by atoms with Crippen molar-refractivity contribution in [2.75, 3.05) is 31.6 Å². The number of carbonyl (C=O) groups is 1. The van der Waals surface area contributed by atoms with Gasteiger partial charge in [-0.25, -0.2) is 0 Å². The first kappa shape index (κ1) is 13.9. The van der Waals surface area contributed by atoms with Crippen molar-refractivity contribution in [3.05, 3.63) is 29.3 Å². The van der Waals surface area contributed by atoms with E-state index >= 15 is 0 Å². The Morgan fingerprint density at radius 1 is 1.26 bits per heavy atom. The normalized spacial score (nSPS) is 20.6. The molecule has 1 aromatic carbocycles. The van der Waals surface area contributed by atoms with Crippen LogP contribution in [0.3, 0.4) is 0 Å². The molecule has 1 N–H and O–H groups in total. The highest BCUT2D eigenvalue weighted by Gasteiger charge is 2.27. The minimum absolute atomic E-state index is 0.0532. The van der Waals surface area contributed by atoms with Gasteiger partial charge in [-0.1, -0.05) is 6.07 Å². The molecule has 1 saturated heterocycles. The SMILES string of the molecule is Cc1cc(C)cc(N2CCN(C)CC2CC(=O)O)c1. The number of rotatable bonds is 3. The van der Waals surface area contributed by atoms with Gasteiger partial charge in [0.1, 0.15) is 0 Å². The fraction of sp³-hybridized carbons (Fsp3) is 0.533. The van der Waals surface area contributed by atoms with Gasteiger partial charge in [-0.3, -0.25) is 4.79 Å². The molecule has 1 aromatic rings. The second kappa shape index (κ2) is 5.61. The van der Waals surface area contributed by atoms with Crippen LogP contribution < -0.4 is 4.90 Å². The predicted octanol–water partition coefficient (Wildman–Crippen LogP) is 1.90. The summed E-state index contributed by atoms with van der Waals surface area (Å²) >= 11 is 0. The third-order valence-electron chi connectivity index (χ3n) is 3.63. The van der Waals surface area contributed by atoms with Gasteiger partial charge in [0.2, 0.25) is 0 Å². The molecular weight excluding hydrogens is 240 g/mol. The van der Waals surface area contributed by atoms with Crippen LogP contribution in [-0.2, 0) is 4.79 Å². The van der Waals surface area contributed by atoms with Crippen molar-refractivity contribution in [1.29, 1.82) is 0 Å². The summed E-state index contributed by atoms with van der Waals surface area (Å²) in [6.45, 7) is 6.83. The van der Waals surface area contributed by atoms with Crippen molar-refractivity contribution >= 4 is 11.7 Å². The number of nitrogens with zero attached hydrogens (tertiary/aromatic N) is 2. The molecule has 2 rings (SSSR count). The van der Waals surface area contributed by atoms with Gasteiger partial charge in [-0.15, -0.1) is 0 Å². The molecule has 0 bridgehead atoms. The van der Waals surface area contributed by atoms with Crippen LogP contribution in [0.25, 0.3) is 0 Å². The second-order valence-corrected chi connectivity index (χ2v) is 5.55. The molecule has 0 saturated carbocycles. The van der Waals surface area contributed by atoms with Crippen molar-refractivity contribution in [2.24, 2.45) is 0 Å². The molecule has 1 aliphatic heterocycles. The van der Waals surface area contributed by atoms with Gasteiger partial charge in [0.25, 0.3) is 0 Å². The van der Waals surface area contributed by atoms with Crippen LogP contribution in [0.15, 0.2) is 18.2 Å². The highest BCUT2D eigenvalue weighted by atomic mass is 16.4. The Hall–Kier alpha value is -1.55. The van der Waals surface area contributed by atoms with E-state index in [1.165, 1.54) is 11.1 Å². The maximum absolute atomic E-state index is 11.0. The zero-order chi connectivity index (χ0) is 14.0. The molecule has 0 aliphatic carbocycles. The number of carboxylic acids is 1. The number of aliphatic carboxylic acids is 1. The molecule has 0 aromatic heterocycles. The summed E-state index contributed by atoms with van der Waals surface area (Å²) in [6, 6.07) is 6.49. The Morgan fingerprint density at radius 2 is 1.89 bits per heavy atom. The molecule has 1 aliphatic rings. The fourth-order valence-corrected chi connectivity index (χ4v) is 2.84. The standard InChI is InChI=1S/C15H22N2O2/c1-11-6-12(2)8-13(7-11)17-5-4-16(3)10-14(17)9-15(18)19/h6-8,14H,4-5,9-10H2,1-3H3,(H,18,19). The number of carboxylic acid groups (broad SMARTS) is 1. The van der Waals surface area contributed by atoms with E-state index in [9.17, 15) is 4.79 Å². The first-order valence-electron chi connectivity index (χ1n) is 6.71. The average Bonchev–Trinajstić information content (AvgIpc) is 2.26. The van der Waals surface area contributed by atoms with E-state index in [1.54, 1.807) is 0 Å². The molecule has 1 fully saturated rings. The smallest absolute Gasteiger partial charge is 0.305 e. The lowest BCUT2D eigenvalue weighted by molar-refractivity contribution is -0.137. The number of aryl methyl sites for hydroxylation is 2. The lowest BCUT2D eigenvalue weighted by Crippen LogP contribution is -2.52. The Bertz CT molecular complexity index is 453. The van der Waals surface area contributed by atoms with Crippen LogP contribution >= 0.6 is 0 Å². The van der Waals surface area contributed by atoms with Crippen LogP contribution in [0, 0.1) is 13.8 Å². The molecule has 4 heteroatoms.